The van der Waals surface area contributed by atoms with Gasteiger partial charge in [-0.3, -0.25) is 38.7 Å². The van der Waals surface area contributed by atoms with Gasteiger partial charge in [0.2, 0.25) is 45.3 Å². The zero-order chi connectivity index (χ0) is 76.9. The molecule has 4 aliphatic heterocycles. The molecule has 0 saturated carbocycles. The van der Waals surface area contributed by atoms with Gasteiger partial charge in [-0.1, -0.05) is 81.3 Å². The molecule has 8 amide bonds. The molecule has 4 aromatic heterocycles. The number of urea groups is 1. The van der Waals surface area contributed by atoms with Crippen LogP contribution in [0.5, 0.6) is 11.6 Å². The number of nitrogens with one attached hydrogen (secondary N) is 5. The molecule has 11 rings (SSSR count). The van der Waals surface area contributed by atoms with Crippen molar-refractivity contribution in [1.82, 2.24) is 66.5 Å². The summed E-state index contributed by atoms with van der Waals surface area (Å²) < 4.78 is 46.6. The number of phenolic OH excluding ortho intramolecular Hbond substituents is 1. The molecular weight excluding hydrogens is 1430 g/mol. The van der Waals surface area contributed by atoms with Crippen LogP contribution in [0.1, 0.15) is 120 Å². The number of likely N-dealkylation sites (tertiary alicyclic amines) is 2. The second-order valence-electron chi connectivity index (χ2n) is 28.7. The number of β-amino-alcohol motifs (C(OH)–C–C–N with tert-alkyl or cyclic N) is 1. The summed E-state index contributed by atoms with van der Waals surface area (Å²) in [5.41, 5.74) is 12.6. The van der Waals surface area contributed by atoms with Crippen LogP contribution in [0.15, 0.2) is 105 Å². The van der Waals surface area contributed by atoms with Gasteiger partial charge in [-0.2, -0.15) is 0 Å². The SMILES string of the molecule is Cc1ncsc1-c1ccc([C@H](C)NC(=O)[C@@H]2C[C@@H](O)CN2C(=O)[C@@H](c2cc(OCCN3CCC(CN4CCN5c6cc(-c7ccccc7O)nnc6N(C(=O)OCc6ccc(NC(=O)[C@H](CCCNC(N)=O)NC(=O)[C@@H](NC(=O)CCCc7nnc(S(C)(=O)=O)o7)C(C)C)cc6)C[C@H]5C4)CC3)no2)C(C)C)cc1. The molecule has 4 aliphatic rings. The van der Waals surface area contributed by atoms with E-state index in [1.54, 1.807) is 79.8 Å². The van der Waals surface area contributed by atoms with Gasteiger partial charge in [0.25, 0.3) is 5.88 Å². The number of anilines is 3. The largest absolute Gasteiger partial charge is 0.507 e. The number of aliphatic hydroxyl groups excluding tert-OH is 1. The van der Waals surface area contributed by atoms with E-state index >= 15 is 0 Å². The molecule has 0 spiro atoms. The lowest BCUT2D eigenvalue weighted by Gasteiger charge is -2.48. The van der Waals surface area contributed by atoms with Gasteiger partial charge in [0.05, 0.1) is 52.2 Å². The molecule has 0 bridgehead atoms. The normalized spacial score (nSPS) is 18.2. The molecule has 3 saturated heterocycles. The fraction of sp³-hybridized carbons (Fsp3) is 0.500. The van der Waals surface area contributed by atoms with E-state index in [1.165, 1.54) is 9.80 Å². The number of hydrogen-bond acceptors (Lipinski definition) is 25. The number of fused-ring (bicyclic) bond motifs is 3. The van der Waals surface area contributed by atoms with Crippen molar-refractivity contribution in [2.24, 2.45) is 23.5 Å². The first-order chi connectivity index (χ1) is 51.7. The smallest absolute Gasteiger partial charge is 0.415 e. The summed E-state index contributed by atoms with van der Waals surface area (Å²) in [6, 6.07) is 20.6. The first kappa shape index (κ1) is 78.9. The number of aromatic hydroxyl groups is 1. The second-order valence-corrected chi connectivity index (χ2v) is 31.5. The van der Waals surface area contributed by atoms with Crippen LogP contribution in [0.4, 0.5) is 26.8 Å². The van der Waals surface area contributed by atoms with Gasteiger partial charge in [0.1, 0.15) is 43.0 Å². The number of piperidine rings is 1. The number of rotatable bonds is 31. The number of benzene rings is 3. The van der Waals surface area contributed by atoms with Crippen LogP contribution in [-0.2, 0) is 51.6 Å². The maximum absolute atomic E-state index is 14.4. The number of amides is 8. The highest BCUT2D eigenvalue weighted by atomic mass is 32.2. The van der Waals surface area contributed by atoms with Gasteiger partial charge in [0.15, 0.2) is 11.6 Å². The molecule has 3 fully saturated rings. The fourth-order valence-corrected chi connectivity index (χ4v) is 15.4. The van der Waals surface area contributed by atoms with Gasteiger partial charge in [-0.15, -0.1) is 26.6 Å². The summed E-state index contributed by atoms with van der Waals surface area (Å²) in [7, 11) is -3.71. The van der Waals surface area contributed by atoms with E-state index in [2.05, 4.69) is 71.8 Å². The number of aromatic nitrogens is 6. The third-order valence-corrected chi connectivity index (χ3v) is 21.7. The van der Waals surface area contributed by atoms with Gasteiger partial charge in [-0.05, 0) is 129 Å². The number of carbonyl (C=O) groups is 7. The van der Waals surface area contributed by atoms with Crippen LogP contribution in [0, 0.1) is 24.7 Å². The average Bonchev–Trinajstić information content (AvgIpc) is 1.02. The molecule has 7 atom stereocenters. The summed E-state index contributed by atoms with van der Waals surface area (Å²) in [6.07, 6.45) is 2.03. The lowest BCUT2D eigenvalue weighted by atomic mass is 9.91. The van der Waals surface area contributed by atoms with Crippen molar-refractivity contribution in [3.8, 4) is 33.3 Å². The van der Waals surface area contributed by atoms with Gasteiger partial charge in [-0.25, -0.2) is 23.0 Å². The van der Waals surface area contributed by atoms with Crippen molar-refractivity contribution in [3.63, 3.8) is 0 Å². The Balaban J connectivity index is 0.654. The molecular formula is C74H95N17O15S2. The highest BCUT2D eigenvalue weighted by molar-refractivity contribution is 7.90. The number of aliphatic hydroxyl groups is 1. The molecule has 8 heterocycles. The zero-order valence-corrected chi connectivity index (χ0v) is 63.2. The van der Waals surface area contributed by atoms with Gasteiger partial charge in [0, 0.05) is 88.6 Å². The van der Waals surface area contributed by atoms with Crippen LogP contribution >= 0.6 is 11.3 Å². The summed E-state index contributed by atoms with van der Waals surface area (Å²) in [5.74, 6) is -2.42. The minimum absolute atomic E-state index is 0.0104. The van der Waals surface area contributed by atoms with E-state index in [4.69, 9.17) is 24.1 Å². The Morgan fingerprint density at radius 1 is 0.824 bits per heavy atom. The molecule has 108 heavy (non-hydrogen) atoms. The molecule has 0 radical (unpaired) electrons. The lowest BCUT2D eigenvalue weighted by molar-refractivity contribution is -0.141. The molecule has 7 aromatic rings. The van der Waals surface area contributed by atoms with Crippen molar-refractivity contribution < 1.29 is 70.6 Å². The molecule has 0 aliphatic carbocycles. The van der Waals surface area contributed by atoms with E-state index in [0.29, 0.717) is 71.9 Å². The standard InChI is InChI=1S/C74H95N17O15S2/c1-43(2)64(71(98)90-40-53(92)34-58(90)69(96)78-45(5)49-19-21-50(22-20-49)66-46(6)77-42-107-66)60-36-63(86-106-60)103-33-32-87-28-25-47(26-29-87)37-88-30-31-89-52(38-88)39-91(67-57(89)35-56(82-84-67)54-12-8-9-14-59(54)93)74(100)104-41-48-17-23-51(24-18-48)79-68(95)55(13-11-27-76-72(75)99)80-70(97)65(44(3)4)81-61(94)15-10-16-62-83-85-73(105-62)108(7,101)102/h8-9,12,14,17-24,35-36,42-45,47,52-53,55,58,64-65,92-93H,10-11,13,15-16,25-34,37-41H2,1-7H3,(H,78,96)(H,79,95)(H,80,97)(H,81,94)(H3,75,76,99)/t45-,52+,53+,55-,58-,64+,65-/m0/s1. The third-order valence-electron chi connectivity index (χ3n) is 20.0. The molecule has 9 N–H and O–H groups in total. The Morgan fingerprint density at radius 3 is 2.28 bits per heavy atom. The minimum atomic E-state index is -3.71. The van der Waals surface area contributed by atoms with Gasteiger partial charge >= 0.3 is 17.3 Å². The number of piperazine rings is 1. The summed E-state index contributed by atoms with van der Waals surface area (Å²) in [6.45, 7) is 17.0. The monoisotopic (exact) mass is 1530 g/mol. The van der Waals surface area contributed by atoms with Crippen LogP contribution < -0.4 is 46.9 Å². The summed E-state index contributed by atoms with van der Waals surface area (Å²) in [4.78, 5) is 110. The van der Waals surface area contributed by atoms with Crippen LogP contribution in [0.25, 0.3) is 21.7 Å². The number of primary amides is 1. The lowest BCUT2D eigenvalue weighted by Crippen LogP contribution is -2.61. The summed E-state index contributed by atoms with van der Waals surface area (Å²) in [5, 5.41) is 55.6. The van der Waals surface area contributed by atoms with Crippen LogP contribution in [-0.4, -0.2) is 214 Å². The highest BCUT2D eigenvalue weighted by Crippen LogP contribution is 2.40. The number of sulfone groups is 1. The number of thiazole rings is 1. The predicted octanol–water partition coefficient (Wildman–Crippen LogP) is 6.11. The number of carbonyl (C=O) groups excluding carboxylic acids is 7. The third kappa shape index (κ3) is 20.1. The molecule has 32 nitrogen and oxygen atoms in total. The number of hydrogen-bond donors (Lipinski definition) is 8. The van der Waals surface area contributed by atoms with Gasteiger partial charge < -0.3 is 70.7 Å². The molecule has 578 valence electrons. The number of ether oxygens (including phenoxy) is 2. The van der Waals surface area contributed by atoms with Crippen molar-refractivity contribution in [2.45, 2.75) is 147 Å². The van der Waals surface area contributed by atoms with E-state index < -0.39 is 81.0 Å². The van der Waals surface area contributed by atoms with Crippen molar-refractivity contribution in [1.29, 1.82) is 0 Å². The Kier molecular flexibility index (Phi) is 26.1. The second kappa shape index (κ2) is 35.7. The first-order valence-electron chi connectivity index (χ1n) is 36.5. The van der Waals surface area contributed by atoms with Crippen LogP contribution in [0.3, 0.4) is 0 Å². The maximum Gasteiger partial charge on any atom is 0.415 e. The van der Waals surface area contributed by atoms with Crippen LogP contribution in [0.2, 0.25) is 0 Å². The fourth-order valence-electron chi connectivity index (χ4n) is 14.1. The van der Waals surface area contributed by atoms with E-state index in [9.17, 15) is 52.2 Å². The number of phenols is 1. The number of aryl methyl sites for hydroxylation is 2. The summed E-state index contributed by atoms with van der Waals surface area (Å²) >= 11 is 1.57. The molecule has 34 heteroatoms. The average molecular weight is 1530 g/mol. The Morgan fingerprint density at radius 2 is 1.58 bits per heavy atom. The number of nitrogens with zero attached hydrogens (tertiary/aromatic N) is 11. The van der Waals surface area contributed by atoms with E-state index in [0.717, 1.165) is 67.0 Å². The Hall–Kier alpha value is -10.2. The number of para-hydroxylation sites is 1. The van der Waals surface area contributed by atoms with E-state index in [-0.39, 0.29) is 112 Å². The Labute approximate surface area is 630 Å². The predicted molar refractivity (Wildman–Crippen MR) is 399 cm³/mol. The Bertz CT molecular complexity index is 4410. The maximum atomic E-state index is 14.4. The minimum Gasteiger partial charge on any atom is -0.507 e. The quantitative estimate of drug-likeness (QED) is 0.0227. The molecule has 0 unspecified atom stereocenters. The van der Waals surface area contributed by atoms with E-state index in [1.807, 2.05) is 63.5 Å². The van der Waals surface area contributed by atoms with Crippen molar-refractivity contribution in [3.05, 3.63) is 119 Å². The van der Waals surface area contributed by atoms with Crippen molar-refractivity contribution >= 4 is 80.0 Å². The molecule has 3 aromatic carbocycles. The van der Waals surface area contributed by atoms with Crippen molar-refractivity contribution in [2.75, 3.05) is 93.4 Å². The highest BCUT2D eigenvalue weighted by Gasteiger charge is 2.45. The zero-order valence-electron chi connectivity index (χ0n) is 61.6. The first-order valence-corrected chi connectivity index (χ1v) is 39.3. The number of nitrogens with two attached hydrogens (primary N) is 1. The topological polar surface area (TPSA) is 419 Å².